The third kappa shape index (κ3) is 2.52. The zero-order valence-corrected chi connectivity index (χ0v) is 10.6. The van der Waals surface area contributed by atoms with E-state index in [1.165, 1.54) is 25.1 Å². The summed E-state index contributed by atoms with van der Waals surface area (Å²) >= 11 is 0. The van der Waals surface area contributed by atoms with Crippen molar-refractivity contribution in [2.75, 3.05) is 6.54 Å². The van der Waals surface area contributed by atoms with Gasteiger partial charge in [-0.3, -0.25) is 0 Å². The highest BCUT2D eigenvalue weighted by atomic mass is 15.2. The van der Waals surface area contributed by atoms with E-state index in [4.69, 9.17) is 0 Å². The Labute approximate surface area is 89.2 Å². The molecule has 0 bridgehead atoms. The summed E-state index contributed by atoms with van der Waals surface area (Å²) in [6.45, 7) is 15.1. The minimum Gasteiger partial charge on any atom is -0.370 e. The van der Waals surface area contributed by atoms with Crippen LogP contribution in [0.1, 0.15) is 54.4 Å². The zero-order chi connectivity index (χ0) is 11.0. The summed E-state index contributed by atoms with van der Waals surface area (Å²) in [5, 5.41) is 0. The molecule has 1 nitrogen and oxygen atoms in total. The van der Waals surface area contributed by atoms with Crippen LogP contribution in [-0.2, 0) is 0 Å². The second kappa shape index (κ2) is 3.60. The lowest BCUT2D eigenvalue weighted by molar-refractivity contribution is 0.137. The fraction of sp³-hybridized carbons (Fsp3) is 0.846. The van der Waals surface area contributed by atoms with Gasteiger partial charge in [0, 0.05) is 23.2 Å². The second-order valence-electron chi connectivity index (χ2n) is 6.30. The maximum Gasteiger partial charge on any atom is 0.0315 e. The van der Waals surface area contributed by atoms with Crippen LogP contribution in [-0.4, -0.2) is 17.0 Å². The van der Waals surface area contributed by atoms with E-state index in [9.17, 15) is 0 Å². The predicted octanol–water partition coefficient (Wildman–Crippen LogP) is 3.81. The topological polar surface area (TPSA) is 3.24 Å². The lowest BCUT2D eigenvalue weighted by atomic mass is 9.85. The normalized spacial score (nSPS) is 19.6. The van der Waals surface area contributed by atoms with Gasteiger partial charge in [-0.2, -0.15) is 0 Å². The summed E-state index contributed by atoms with van der Waals surface area (Å²) in [7, 11) is 0. The van der Waals surface area contributed by atoms with Gasteiger partial charge in [0.15, 0.2) is 0 Å². The summed E-state index contributed by atoms with van der Waals surface area (Å²) in [5.74, 6) is 0. The number of nitrogens with zero attached hydrogens (tertiary/aromatic N) is 1. The molecule has 82 valence electrons. The molecule has 0 aromatic rings. The fourth-order valence-corrected chi connectivity index (χ4v) is 2.13. The Balaban J connectivity index is 2.95. The SMILES string of the molecule is CC(C)(C)C1=CCCCN1C(C)(C)C. The molecule has 0 aromatic carbocycles. The van der Waals surface area contributed by atoms with Gasteiger partial charge in [0.1, 0.15) is 0 Å². The minimum absolute atomic E-state index is 0.263. The van der Waals surface area contributed by atoms with Crippen LogP contribution in [0.15, 0.2) is 11.8 Å². The second-order valence-corrected chi connectivity index (χ2v) is 6.30. The van der Waals surface area contributed by atoms with E-state index in [1.807, 2.05) is 0 Å². The Bertz CT molecular complexity index is 225. The maximum absolute atomic E-state index is 2.57. The van der Waals surface area contributed by atoms with E-state index in [0.29, 0.717) is 0 Å². The van der Waals surface area contributed by atoms with Crippen LogP contribution in [0.25, 0.3) is 0 Å². The first kappa shape index (κ1) is 11.6. The standard InChI is InChI=1S/C13H25N/c1-12(2,3)11-9-7-8-10-14(11)13(4,5)6/h9H,7-8,10H2,1-6H3. The molecule has 0 fully saturated rings. The van der Waals surface area contributed by atoms with E-state index in [2.05, 4.69) is 52.5 Å². The van der Waals surface area contributed by atoms with E-state index in [-0.39, 0.29) is 11.0 Å². The van der Waals surface area contributed by atoms with Crippen LogP contribution in [0.5, 0.6) is 0 Å². The third-order valence-corrected chi connectivity index (χ3v) is 2.79. The average Bonchev–Trinajstić information content (AvgIpc) is 2.01. The monoisotopic (exact) mass is 195 g/mol. The smallest absolute Gasteiger partial charge is 0.0315 e. The van der Waals surface area contributed by atoms with Gasteiger partial charge in [0.25, 0.3) is 0 Å². The van der Waals surface area contributed by atoms with E-state index in [1.54, 1.807) is 0 Å². The molecule has 0 amide bonds. The molecule has 1 aliphatic rings. The molecule has 14 heavy (non-hydrogen) atoms. The van der Waals surface area contributed by atoms with Crippen molar-refractivity contribution in [2.24, 2.45) is 5.41 Å². The van der Waals surface area contributed by atoms with E-state index >= 15 is 0 Å². The first-order valence-corrected chi connectivity index (χ1v) is 5.71. The molecule has 1 heteroatoms. The molecular weight excluding hydrogens is 170 g/mol. The summed E-state index contributed by atoms with van der Waals surface area (Å²) < 4.78 is 0. The number of allylic oxidation sites excluding steroid dienone is 2. The summed E-state index contributed by atoms with van der Waals surface area (Å²) in [6, 6.07) is 0. The fourth-order valence-electron chi connectivity index (χ4n) is 2.13. The van der Waals surface area contributed by atoms with E-state index in [0.717, 1.165) is 0 Å². The van der Waals surface area contributed by atoms with Crippen molar-refractivity contribution >= 4 is 0 Å². The Morgan fingerprint density at radius 3 is 2.00 bits per heavy atom. The largest absolute Gasteiger partial charge is 0.370 e. The van der Waals surface area contributed by atoms with Crippen molar-refractivity contribution in [1.29, 1.82) is 0 Å². The Kier molecular flexibility index (Phi) is 2.99. The molecule has 0 saturated heterocycles. The average molecular weight is 195 g/mol. The molecule has 0 aromatic heterocycles. The van der Waals surface area contributed by atoms with Crippen LogP contribution in [0.2, 0.25) is 0 Å². The molecule has 0 radical (unpaired) electrons. The van der Waals surface area contributed by atoms with Gasteiger partial charge in [0.05, 0.1) is 0 Å². The van der Waals surface area contributed by atoms with Crippen molar-refractivity contribution in [1.82, 2.24) is 4.90 Å². The zero-order valence-electron chi connectivity index (χ0n) is 10.6. The molecule has 0 N–H and O–H groups in total. The number of hydrogen-bond donors (Lipinski definition) is 0. The maximum atomic E-state index is 2.57. The van der Waals surface area contributed by atoms with Crippen molar-refractivity contribution in [3.63, 3.8) is 0 Å². The van der Waals surface area contributed by atoms with Crippen LogP contribution in [0.3, 0.4) is 0 Å². The summed E-state index contributed by atoms with van der Waals surface area (Å²) in [4.78, 5) is 2.57. The molecule has 0 saturated carbocycles. The Morgan fingerprint density at radius 2 is 1.64 bits per heavy atom. The molecule has 1 rings (SSSR count). The van der Waals surface area contributed by atoms with Gasteiger partial charge < -0.3 is 4.90 Å². The van der Waals surface area contributed by atoms with Gasteiger partial charge in [0.2, 0.25) is 0 Å². The van der Waals surface area contributed by atoms with Crippen molar-refractivity contribution < 1.29 is 0 Å². The van der Waals surface area contributed by atoms with Gasteiger partial charge >= 0.3 is 0 Å². The highest BCUT2D eigenvalue weighted by molar-refractivity contribution is 5.14. The van der Waals surface area contributed by atoms with Gasteiger partial charge in [-0.15, -0.1) is 0 Å². The predicted molar refractivity (Wildman–Crippen MR) is 63.2 cm³/mol. The lowest BCUT2D eigenvalue weighted by Crippen LogP contribution is -2.45. The van der Waals surface area contributed by atoms with Gasteiger partial charge in [-0.1, -0.05) is 26.8 Å². The molecule has 1 aliphatic heterocycles. The van der Waals surface area contributed by atoms with Gasteiger partial charge in [-0.05, 0) is 33.6 Å². The van der Waals surface area contributed by atoms with Crippen LogP contribution < -0.4 is 0 Å². The Hall–Kier alpha value is -0.460. The summed E-state index contributed by atoms with van der Waals surface area (Å²) in [5.41, 5.74) is 2.07. The molecule has 0 unspecified atom stereocenters. The van der Waals surface area contributed by atoms with Crippen molar-refractivity contribution in [3.05, 3.63) is 11.8 Å². The Morgan fingerprint density at radius 1 is 1.07 bits per heavy atom. The number of hydrogen-bond acceptors (Lipinski definition) is 1. The highest BCUT2D eigenvalue weighted by Crippen LogP contribution is 2.35. The minimum atomic E-state index is 0.263. The van der Waals surface area contributed by atoms with Gasteiger partial charge in [-0.25, -0.2) is 0 Å². The first-order chi connectivity index (χ1) is 6.23. The molecule has 0 spiro atoms. The first-order valence-electron chi connectivity index (χ1n) is 5.71. The van der Waals surface area contributed by atoms with Crippen molar-refractivity contribution in [2.45, 2.75) is 59.9 Å². The van der Waals surface area contributed by atoms with Crippen LogP contribution in [0, 0.1) is 5.41 Å². The molecule has 0 atom stereocenters. The molecular formula is C13H25N. The lowest BCUT2D eigenvalue weighted by Gasteiger charge is -2.46. The number of rotatable bonds is 0. The van der Waals surface area contributed by atoms with Crippen molar-refractivity contribution in [3.8, 4) is 0 Å². The van der Waals surface area contributed by atoms with E-state index < -0.39 is 0 Å². The molecule has 0 aliphatic carbocycles. The van der Waals surface area contributed by atoms with Crippen LogP contribution in [0.4, 0.5) is 0 Å². The third-order valence-electron chi connectivity index (χ3n) is 2.79. The molecule has 1 heterocycles. The summed E-state index contributed by atoms with van der Waals surface area (Å²) in [6.07, 6.45) is 4.98. The van der Waals surface area contributed by atoms with Crippen LogP contribution >= 0.6 is 0 Å². The highest BCUT2D eigenvalue weighted by Gasteiger charge is 2.31. The quantitative estimate of drug-likeness (QED) is 0.568.